The van der Waals surface area contributed by atoms with E-state index in [9.17, 15) is 26.4 Å². The maximum atomic E-state index is 13.2. The number of amides is 1. The van der Waals surface area contributed by atoms with E-state index < -0.39 is 39.2 Å². The molecule has 0 saturated heterocycles. The average Bonchev–Trinajstić information content (AvgIpc) is 2.74. The van der Waals surface area contributed by atoms with Crippen molar-refractivity contribution in [3.8, 4) is 0 Å². The zero-order valence-electron chi connectivity index (χ0n) is 18.4. The van der Waals surface area contributed by atoms with Gasteiger partial charge in [-0.2, -0.15) is 13.2 Å². The van der Waals surface area contributed by atoms with Crippen molar-refractivity contribution in [2.24, 2.45) is 0 Å². The largest absolute Gasteiger partial charge is 0.417 e. The molecule has 1 amide bonds. The molecule has 1 atom stereocenters. The number of fused-ring (bicyclic) bond motifs is 1. The molecular formula is C23H26ClF3N2O3S. The summed E-state index contributed by atoms with van der Waals surface area (Å²) in [4.78, 5) is 12.8. The second-order valence-corrected chi connectivity index (χ2v) is 10.5. The predicted molar refractivity (Wildman–Crippen MR) is 123 cm³/mol. The van der Waals surface area contributed by atoms with Crippen molar-refractivity contribution in [2.45, 2.75) is 51.2 Å². The standard InChI is InChI=1S/C23H26ClF3N2O3S/c1-3-21(17-9-8-15-6-4-5-7-16(15)12-17)28-22(30)14-29(33(2,31)32)18-10-11-20(24)19(13-18)23(25,26)27/h8-13,21H,3-7,14H2,1-2H3,(H,28,30)/t21-/m1/s1. The summed E-state index contributed by atoms with van der Waals surface area (Å²) in [7, 11) is -4.05. The molecule has 1 N–H and O–H groups in total. The van der Waals surface area contributed by atoms with E-state index in [0.29, 0.717) is 16.8 Å². The van der Waals surface area contributed by atoms with E-state index in [1.165, 1.54) is 11.1 Å². The van der Waals surface area contributed by atoms with E-state index in [-0.39, 0.29) is 11.7 Å². The molecule has 0 bridgehead atoms. The molecule has 1 aliphatic rings. The van der Waals surface area contributed by atoms with Gasteiger partial charge >= 0.3 is 6.18 Å². The summed E-state index contributed by atoms with van der Waals surface area (Å²) < 4.78 is 65.0. The van der Waals surface area contributed by atoms with Crippen molar-refractivity contribution in [3.05, 3.63) is 63.7 Å². The van der Waals surface area contributed by atoms with Crippen molar-refractivity contribution in [1.29, 1.82) is 0 Å². The van der Waals surface area contributed by atoms with Crippen LogP contribution in [0, 0.1) is 0 Å². The number of sulfonamides is 1. The molecule has 0 saturated carbocycles. The highest BCUT2D eigenvalue weighted by atomic mass is 35.5. The number of hydrogen-bond acceptors (Lipinski definition) is 3. The Morgan fingerprint density at radius 3 is 2.39 bits per heavy atom. The molecule has 0 unspecified atom stereocenters. The van der Waals surface area contributed by atoms with Crippen LogP contribution in [0.3, 0.4) is 0 Å². The summed E-state index contributed by atoms with van der Waals surface area (Å²) in [6.45, 7) is 1.24. The molecule has 1 aliphatic carbocycles. The molecule has 33 heavy (non-hydrogen) atoms. The van der Waals surface area contributed by atoms with E-state index in [4.69, 9.17) is 11.6 Å². The van der Waals surface area contributed by atoms with Gasteiger partial charge in [0.1, 0.15) is 6.54 Å². The highest BCUT2D eigenvalue weighted by molar-refractivity contribution is 7.92. The number of alkyl halides is 3. The number of halogens is 4. The van der Waals surface area contributed by atoms with Crippen molar-refractivity contribution in [1.82, 2.24) is 5.32 Å². The molecule has 0 fully saturated rings. The van der Waals surface area contributed by atoms with Gasteiger partial charge in [0.25, 0.3) is 0 Å². The Labute approximate surface area is 197 Å². The van der Waals surface area contributed by atoms with Crippen LogP contribution in [0.2, 0.25) is 5.02 Å². The van der Waals surface area contributed by atoms with Crippen LogP contribution in [-0.2, 0) is 33.8 Å². The fraction of sp³-hybridized carbons (Fsp3) is 0.435. The van der Waals surface area contributed by atoms with Crippen LogP contribution in [0.5, 0.6) is 0 Å². The fourth-order valence-electron chi connectivity index (χ4n) is 4.05. The minimum Gasteiger partial charge on any atom is -0.348 e. The predicted octanol–water partition coefficient (Wildman–Crippen LogP) is 5.27. The van der Waals surface area contributed by atoms with Gasteiger partial charge in [-0.05, 0) is 67.0 Å². The van der Waals surface area contributed by atoms with Crippen LogP contribution >= 0.6 is 11.6 Å². The average molecular weight is 503 g/mol. The van der Waals surface area contributed by atoms with Gasteiger partial charge < -0.3 is 5.32 Å². The summed E-state index contributed by atoms with van der Waals surface area (Å²) >= 11 is 5.64. The fourth-order valence-corrected chi connectivity index (χ4v) is 5.12. The number of rotatable bonds is 7. The molecule has 3 rings (SSSR count). The summed E-state index contributed by atoms with van der Waals surface area (Å²) in [6, 6.07) is 8.51. The van der Waals surface area contributed by atoms with E-state index in [1.807, 2.05) is 13.0 Å². The molecule has 2 aromatic rings. The Bertz CT molecular complexity index is 1140. The number of aryl methyl sites for hydroxylation is 2. The number of nitrogens with one attached hydrogen (secondary N) is 1. The van der Waals surface area contributed by atoms with Crippen LogP contribution in [0.25, 0.3) is 0 Å². The Morgan fingerprint density at radius 1 is 1.12 bits per heavy atom. The van der Waals surface area contributed by atoms with Crippen molar-refractivity contribution in [3.63, 3.8) is 0 Å². The first-order valence-electron chi connectivity index (χ1n) is 10.7. The van der Waals surface area contributed by atoms with E-state index in [1.54, 1.807) is 0 Å². The van der Waals surface area contributed by atoms with Crippen LogP contribution in [-0.4, -0.2) is 27.1 Å². The van der Waals surface area contributed by atoms with E-state index in [0.717, 1.165) is 49.6 Å². The van der Waals surface area contributed by atoms with Crippen LogP contribution < -0.4 is 9.62 Å². The molecule has 0 aliphatic heterocycles. The number of hydrogen-bond donors (Lipinski definition) is 1. The quantitative estimate of drug-likeness (QED) is 0.561. The minimum atomic E-state index is -4.77. The normalized spacial score (nSPS) is 15.0. The summed E-state index contributed by atoms with van der Waals surface area (Å²) in [5.74, 6) is -0.617. The molecule has 0 radical (unpaired) electrons. The first-order valence-corrected chi connectivity index (χ1v) is 12.9. The lowest BCUT2D eigenvalue weighted by atomic mass is 9.89. The lowest BCUT2D eigenvalue weighted by Crippen LogP contribution is -2.41. The van der Waals surface area contributed by atoms with Gasteiger partial charge in [0.2, 0.25) is 15.9 Å². The maximum Gasteiger partial charge on any atom is 0.417 e. The van der Waals surface area contributed by atoms with Gasteiger partial charge in [-0.3, -0.25) is 9.10 Å². The van der Waals surface area contributed by atoms with Crippen molar-refractivity contribution >= 4 is 33.2 Å². The number of benzene rings is 2. The van der Waals surface area contributed by atoms with E-state index in [2.05, 4.69) is 17.4 Å². The number of anilines is 1. The van der Waals surface area contributed by atoms with Gasteiger partial charge in [-0.1, -0.05) is 36.7 Å². The molecule has 0 spiro atoms. The molecule has 5 nitrogen and oxygen atoms in total. The van der Waals surface area contributed by atoms with Crippen LogP contribution in [0.1, 0.15) is 54.5 Å². The summed E-state index contributed by atoms with van der Waals surface area (Å²) in [5.41, 5.74) is 2.02. The Balaban J connectivity index is 1.82. The Kier molecular flexibility index (Phi) is 7.63. The number of carbonyl (C=O) groups is 1. The highest BCUT2D eigenvalue weighted by Gasteiger charge is 2.34. The molecular weight excluding hydrogens is 477 g/mol. The third kappa shape index (κ3) is 6.20. The van der Waals surface area contributed by atoms with Gasteiger partial charge in [0.05, 0.1) is 28.6 Å². The summed E-state index contributed by atoms with van der Waals surface area (Å²) in [5, 5.41) is 2.27. The molecule has 2 aromatic carbocycles. The topological polar surface area (TPSA) is 66.5 Å². The third-order valence-electron chi connectivity index (χ3n) is 5.75. The maximum absolute atomic E-state index is 13.2. The van der Waals surface area contributed by atoms with Gasteiger partial charge in [0, 0.05) is 0 Å². The lowest BCUT2D eigenvalue weighted by Gasteiger charge is -2.25. The molecule has 0 aromatic heterocycles. The molecule has 10 heteroatoms. The Hall–Kier alpha value is -2.26. The Morgan fingerprint density at radius 2 is 1.79 bits per heavy atom. The summed E-state index contributed by atoms with van der Waals surface area (Å²) in [6.07, 6.45) is 0.923. The SMILES string of the molecule is CC[C@@H](NC(=O)CN(c1ccc(Cl)c(C(F)(F)F)c1)S(C)(=O)=O)c1ccc2c(c1)CCCC2. The van der Waals surface area contributed by atoms with Gasteiger partial charge in [-0.25, -0.2) is 8.42 Å². The zero-order chi connectivity index (χ0) is 24.4. The second kappa shape index (κ2) is 9.93. The van der Waals surface area contributed by atoms with Gasteiger partial charge in [-0.15, -0.1) is 0 Å². The molecule has 180 valence electrons. The van der Waals surface area contributed by atoms with E-state index >= 15 is 0 Å². The smallest absolute Gasteiger partial charge is 0.348 e. The molecule has 0 heterocycles. The second-order valence-electron chi connectivity index (χ2n) is 8.20. The lowest BCUT2D eigenvalue weighted by molar-refractivity contribution is -0.137. The monoisotopic (exact) mass is 502 g/mol. The van der Waals surface area contributed by atoms with Gasteiger partial charge in [0.15, 0.2) is 0 Å². The highest BCUT2D eigenvalue weighted by Crippen LogP contribution is 2.37. The third-order valence-corrected chi connectivity index (χ3v) is 7.22. The van der Waals surface area contributed by atoms with Crippen molar-refractivity contribution in [2.75, 3.05) is 17.1 Å². The van der Waals surface area contributed by atoms with Crippen LogP contribution in [0.4, 0.5) is 18.9 Å². The number of nitrogens with zero attached hydrogens (tertiary/aromatic N) is 1. The van der Waals surface area contributed by atoms with Crippen LogP contribution in [0.15, 0.2) is 36.4 Å². The zero-order valence-corrected chi connectivity index (χ0v) is 19.9. The van der Waals surface area contributed by atoms with Crippen molar-refractivity contribution < 1.29 is 26.4 Å². The first-order chi connectivity index (χ1) is 15.4. The number of carbonyl (C=O) groups excluding carboxylic acids is 1. The minimum absolute atomic E-state index is 0.286. The first kappa shape index (κ1) is 25.4.